The SMILES string of the molecule is CC(=O)N1CC2C[C@H]1CN2CCOc1cc(Nc2cc(C)nc3ccccc23)cc(C(F)(F)F)c1. The largest absolute Gasteiger partial charge is 0.492 e. The van der Waals surface area contributed by atoms with Gasteiger partial charge in [0.1, 0.15) is 12.4 Å². The molecule has 2 aromatic carbocycles. The summed E-state index contributed by atoms with van der Waals surface area (Å²) in [5.74, 6) is 0.252. The number of carbonyl (C=O) groups is 1. The first kappa shape index (κ1) is 23.4. The number of halogens is 3. The molecule has 0 aliphatic carbocycles. The number of hydrogen-bond donors (Lipinski definition) is 1. The van der Waals surface area contributed by atoms with E-state index in [1.54, 1.807) is 13.0 Å². The number of nitrogens with zero attached hydrogens (tertiary/aromatic N) is 3. The van der Waals surface area contributed by atoms with Gasteiger partial charge in [0.15, 0.2) is 0 Å². The van der Waals surface area contributed by atoms with E-state index < -0.39 is 11.7 Å². The Balaban J connectivity index is 1.32. The zero-order valence-electron chi connectivity index (χ0n) is 19.6. The van der Waals surface area contributed by atoms with E-state index >= 15 is 0 Å². The number of alkyl halides is 3. The third-order valence-corrected chi connectivity index (χ3v) is 6.76. The second kappa shape index (κ2) is 9.03. The highest BCUT2D eigenvalue weighted by atomic mass is 19.4. The summed E-state index contributed by atoms with van der Waals surface area (Å²) in [6.45, 7) is 5.78. The van der Waals surface area contributed by atoms with E-state index in [4.69, 9.17) is 4.74 Å². The van der Waals surface area contributed by atoms with Gasteiger partial charge >= 0.3 is 6.18 Å². The summed E-state index contributed by atoms with van der Waals surface area (Å²) in [5, 5.41) is 3.96. The van der Waals surface area contributed by atoms with Gasteiger partial charge in [0.05, 0.1) is 11.1 Å². The van der Waals surface area contributed by atoms with Crippen molar-refractivity contribution < 1.29 is 22.7 Å². The van der Waals surface area contributed by atoms with E-state index in [9.17, 15) is 18.0 Å². The Morgan fingerprint density at radius 1 is 1.14 bits per heavy atom. The Hall–Kier alpha value is -3.33. The second-order valence-corrected chi connectivity index (χ2v) is 9.26. The van der Waals surface area contributed by atoms with Crippen molar-refractivity contribution in [2.75, 3.05) is 31.6 Å². The molecule has 2 saturated heterocycles. The molecule has 2 aliphatic heterocycles. The van der Waals surface area contributed by atoms with Gasteiger partial charge in [-0.3, -0.25) is 14.7 Å². The number of anilines is 2. The van der Waals surface area contributed by atoms with Crippen LogP contribution >= 0.6 is 0 Å². The summed E-state index contributed by atoms with van der Waals surface area (Å²) >= 11 is 0. The van der Waals surface area contributed by atoms with E-state index in [2.05, 4.69) is 15.2 Å². The highest BCUT2D eigenvalue weighted by Gasteiger charge is 2.43. The van der Waals surface area contributed by atoms with E-state index in [1.807, 2.05) is 42.2 Å². The number of fused-ring (bicyclic) bond motifs is 3. The zero-order valence-corrected chi connectivity index (χ0v) is 19.6. The molecule has 1 aromatic heterocycles. The van der Waals surface area contributed by atoms with Crippen LogP contribution in [0.5, 0.6) is 5.75 Å². The number of carbonyl (C=O) groups excluding carboxylic acids is 1. The third-order valence-electron chi connectivity index (χ3n) is 6.76. The van der Waals surface area contributed by atoms with Crippen LogP contribution in [0.25, 0.3) is 10.9 Å². The number of rotatable bonds is 6. The van der Waals surface area contributed by atoms with E-state index in [0.717, 1.165) is 41.7 Å². The molecule has 3 heterocycles. The first-order valence-electron chi connectivity index (χ1n) is 11.7. The minimum atomic E-state index is -4.50. The van der Waals surface area contributed by atoms with Crippen LogP contribution in [0.15, 0.2) is 48.5 Å². The Bertz CT molecular complexity index is 1260. The number of amides is 1. The van der Waals surface area contributed by atoms with Gasteiger partial charge in [-0.1, -0.05) is 18.2 Å². The molecular weight excluding hydrogens is 457 g/mol. The van der Waals surface area contributed by atoms with Crippen molar-refractivity contribution in [2.45, 2.75) is 38.5 Å². The molecule has 2 aliphatic rings. The second-order valence-electron chi connectivity index (χ2n) is 9.26. The Kier molecular flexibility index (Phi) is 6.04. The number of aryl methyl sites for hydroxylation is 1. The molecule has 9 heteroatoms. The van der Waals surface area contributed by atoms with Crippen LogP contribution in [0, 0.1) is 6.92 Å². The molecule has 0 spiro atoms. The quantitative estimate of drug-likeness (QED) is 0.534. The smallest absolute Gasteiger partial charge is 0.416 e. The lowest BCUT2D eigenvalue weighted by molar-refractivity contribution is -0.137. The maximum absolute atomic E-state index is 13.6. The molecule has 0 radical (unpaired) electrons. The molecule has 2 fully saturated rings. The third kappa shape index (κ3) is 4.91. The number of para-hydroxylation sites is 1. The molecule has 2 atom stereocenters. The Labute approximate surface area is 201 Å². The standard InChI is InChI=1S/C26H27F3N4O2/c1-16-9-25(23-5-3-4-6-24(23)30-16)31-19-10-18(26(27,28)29)11-22(12-19)35-8-7-32-14-21-13-20(32)15-33(21)17(2)34/h3-6,9-12,20-21H,7-8,13-15H2,1-2H3,(H,30,31)/t20?,21-/m0/s1. The molecule has 2 bridgehead atoms. The van der Waals surface area contributed by atoms with E-state index in [0.29, 0.717) is 24.5 Å². The van der Waals surface area contributed by atoms with Crippen molar-refractivity contribution in [1.82, 2.24) is 14.8 Å². The number of benzene rings is 2. The number of pyridine rings is 1. The molecule has 6 nitrogen and oxygen atoms in total. The van der Waals surface area contributed by atoms with Crippen molar-refractivity contribution >= 4 is 28.2 Å². The summed E-state index contributed by atoms with van der Waals surface area (Å²) in [6.07, 6.45) is -3.56. The number of nitrogens with one attached hydrogen (secondary N) is 1. The van der Waals surface area contributed by atoms with Crippen molar-refractivity contribution in [1.29, 1.82) is 0 Å². The number of ether oxygens (including phenoxy) is 1. The number of aromatic nitrogens is 1. The molecule has 5 rings (SSSR count). The minimum Gasteiger partial charge on any atom is -0.492 e. The highest BCUT2D eigenvalue weighted by molar-refractivity contribution is 5.93. The number of likely N-dealkylation sites (tertiary alicyclic amines) is 2. The lowest BCUT2D eigenvalue weighted by atomic mass is 10.1. The van der Waals surface area contributed by atoms with Crippen LogP contribution in [0.3, 0.4) is 0 Å². The van der Waals surface area contributed by atoms with E-state index in [-0.39, 0.29) is 30.3 Å². The molecule has 1 N–H and O–H groups in total. The lowest BCUT2D eigenvalue weighted by Gasteiger charge is -2.33. The fourth-order valence-corrected chi connectivity index (χ4v) is 5.17. The molecule has 0 saturated carbocycles. The fraction of sp³-hybridized carbons (Fsp3) is 0.385. The average Bonchev–Trinajstić information content (AvgIpc) is 3.39. The molecule has 35 heavy (non-hydrogen) atoms. The zero-order chi connectivity index (χ0) is 24.7. The van der Waals surface area contributed by atoms with Gasteiger partial charge in [0, 0.05) is 67.2 Å². The van der Waals surface area contributed by atoms with Crippen LogP contribution in [0.2, 0.25) is 0 Å². The van der Waals surface area contributed by atoms with Crippen molar-refractivity contribution in [2.24, 2.45) is 0 Å². The van der Waals surface area contributed by atoms with Crippen molar-refractivity contribution in [3.05, 3.63) is 59.8 Å². The molecule has 3 aromatic rings. The molecule has 1 amide bonds. The topological polar surface area (TPSA) is 57.7 Å². The summed E-state index contributed by atoms with van der Waals surface area (Å²) in [4.78, 5) is 20.3. The van der Waals surface area contributed by atoms with Crippen LogP contribution < -0.4 is 10.1 Å². The summed E-state index contributed by atoms with van der Waals surface area (Å²) < 4.78 is 46.7. The Morgan fingerprint density at radius 2 is 1.94 bits per heavy atom. The van der Waals surface area contributed by atoms with Crippen LogP contribution in [0.4, 0.5) is 24.5 Å². The Morgan fingerprint density at radius 3 is 2.66 bits per heavy atom. The monoisotopic (exact) mass is 484 g/mol. The summed E-state index contributed by atoms with van der Waals surface area (Å²) in [5.41, 5.74) is 1.73. The van der Waals surface area contributed by atoms with Gasteiger partial charge < -0.3 is 15.0 Å². The average molecular weight is 485 g/mol. The summed E-state index contributed by atoms with van der Waals surface area (Å²) in [6, 6.07) is 13.5. The number of piperazine rings is 1. The molecule has 1 unspecified atom stereocenters. The lowest BCUT2D eigenvalue weighted by Crippen LogP contribution is -2.48. The first-order valence-corrected chi connectivity index (χ1v) is 11.7. The predicted octanol–water partition coefficient (Wildman–Crippen LogP) is 4.99. The van der Waals surface area contributed by atoms with Gasteiger partial charge in [-0.2, -0.15) is 13.2 Å². The summed E-state index contributed by atoms with van der Waals surface area (Å²) in [7, 11) is 0. The first-order chi connectivity index (χ1) is 16.7. The van der Waals surface area contributed by atoms with Crippen LogP contribution in [-0.2, 0) is 11.0 Å². The highest BCUT2D eigenvalue weighted by Crippen LogP contribution is 2.36. The molecule has 184 valence electrons. The minimum absolute atomic E-state index is 0.0922. The number of hydrogen-bond acceptors (Lipinski definition) is 5. The van der Waals surface area contributed by atoms with Gasteiger partial charge in [-0.15, -0.1) is 0 Å². The van der Waals surface area contributed by atoms with Crippen LogP contribution in [-0.4, -0.2) is 59.0 Å². The predicted molar refractivity (Wildman–Crippen MR) is 128 cm³/mol. The maximum Gasteiger partial charge on any atom is 0.416 e. The normalized spacial score (nSPS) is 20.0. The van der Waals surface area contributed by atoms with Gasteiger partial charge in [-0.25, -0.2) is 0 Å². The van der Waals surface area contributed by atoms with Gasteiger partial charge in [0.25, 0.3) is 0 Å². The van der Waals surface area contributed by atoms with Crippen molar-refractivity contribution in [3.63, 3.8) is 0 Å². The molecular formula is C26H27F3N4O2. The van der Waals surface area contributed by atoms with Crippen molar-refractivity contribution in [3.8, 4) is 5.75 Å². The van der Waals surface area contributed by atoms with E-state index in [1.165, 1.54) is 0 Å². The maximum atomic E-state index is 13.6. The van der Waals surface area contributed by atoms with Gasteiger partial charge in [0.2, 0.25) is 5.91 Å². The van der Waals surface area contributed by atoms with Gasteiger partial charge in [-0.05, 0) is 37.6 Å². The fourth-order valence-electron chi connectivity index (χ4n) is 5.17. The van der Waals surface area contributed by atoms with Crippen LogP contribution in [0.1, 0.15) is 24.6 Å².